The van der Waals surface area contributed by atoms with Crippen molar-refractivity contribution in [1.82, 2.24) is 4.98 Å². The monoisotopic (exact) mass is 498 g/mol. The van der Waals surface area contributed by atoms with E-state index in [0.29, 0.717) is 17.4 Å². The van der Waals surface area contributed by atoms with Gasteiger partial charge in [0.1, 0.15) is 11.5 Å². The second-order valence-corrected chi connectivity index (χ2v) is 10.8. The van der Waals surface area contributed by atoms with Gasteiger partial charge in [-0.15, -0.1) is 0 Å². The number of carbonyl (C=O) groups excluding carboxylic acids is 2. The zero-order valence-electron chi connectivity index (χ0n) is 21.7. The number of aromatic amines is 1. The summed E-state index contributed by atoms with van der Waals surface area (Å²) < 4.78 is 10.6. The van der Waals surface area contributed by atoms with E-state index in [1.165, 1.54) is 22.6 Å². The number of hydrogen-bond acceptors (Lipinski definition) is 4. The molecule has 2 amide bonds. The van der Waals surface area contributed by atoms with Crippen LogP contribution in [0.25, 0.3) is 0 Å². The first-order valence-electron chi connectivity index (χ1n) is 13.4. The summed E-state index contributed by atoms with van der Waals surface area (Å²) in [6.07, 6.45) is 5.10. The van der Waals surface area contributed by atoms with Crippen molar-refractivity contribution in [2.45, 2.75) is 50.9 Å². The van der Waals surface area contributed by atoms with Crippen molar-refractivity contribution in [3.8, 4) is 11.5 Å². The summed E-state index contributed by atoms with van der Waals surface area (Å²) in [5.74, 6) is 1.74. The third-order valence-corrected chi connectivity index (χ3v) is 8.92. The normalized spacial score (nSPS) is 26.5. The number of carbonyl (C=O) groups is 2. The summed E-state index contributed by atoms with van der Waals surface area (Å²) in [6.45, 7) is 2.24. The fourth-order valence-corrected chi connectivity index (χ4v) is 7.03. The number of aromatic nitrogens is 1. The molecule has 1 aliphatic heterocycles. The number of benzene rings is 2. The van der Waals surface area contributed by atoms with Crippen LogP contribution in [0.15, 0.2) is 54.6 Å². The maximum atomic E-state index is 14.0. The highest BCUT2D eigenvalue weighted by Gasteiger charge is 2.58. The van der Waals surface area contributed by atoms with E-state index in [-0.39, 0.29) is 29.6 Å². The zero-order valence-corrected chi connectivity index (χ0v) is 21.7. The molecule has 3 aliphatic rings. The Bertz CT molecular complexity index is 1310. The molecule has 6 rings (SSSR count). The molecular formula is C31H34N2O4. The lowest BCUT2D eigenvalue weighted by Gasteiger charge is -2.43. The summed E-state index contributed by atoms with van der Waals surface area (Å²) in [5.41, 5.74) is 5.10. The first-order valence-corrected chi connectivity index (χ1v) is 13.4. The van der Waals surface area contributed by atoms with Crippen molar-refractivity contribution < 1.29 is 19.1 Å². The quantitative estimate of drug-likeness (QED) is 0.435. The number of anilines is 1. The Balaban J connectivity index is 1.39. The number of amides is 2. The van der Waals surface area contributed by atoms with Crippen LogP contribution in [0, 0.1) is 17.8 Å². The van der Waals surface area contributed by atoms with Crippen molar-refractivity contribution in [2.75, 3.05) is 19.1 Å². The molecule has 2 fully saturated rings. The second-order valence-electron chi connectivity index (χ2n) is 10.8. The van der Waals surface area contributed by atoms with E-state index < -0.39 is 5.92 Å². The van der Waals surface area contributed by atoms with Crippen molar-refractivity contribution >= 4 is 17.5 Å². The van der Waals surface area contributed by atoms with E-state index in [1.54, 1.807) is 14.2 Å². The highest BCUT2D eigenvalue weighted by atomic mass is 16.5. The molecule has 0 bridgehead atoms. The molecule has 1 saturated carbocycles. The number of rotatable bonds is 6. The lowest BCUT2D eigenvalue weighted by molar-refractivity contribution is -0.123. The third-order valence-electron chi connectivity index (χ3n) is 8.92. The van der Waals surface area contributed by atoms with Gasteiger partial charge in [0, 0.05) is 23.7 Å². The fraction of sp³-hybridized carbons (Fsp3) is 0.419. The Labute approximate surface area is 218 Å². The highest BCUT2D eigenvalue weighted by molar-refractivity contribution is 6.24. The molecule has 1 N–H and O–H groups in total. The van der Waals surface area contributed by atoms with E-state index in [0.717, 1.165) is 42.7 Å². The average molecular weight is 499 g/mol. The van der Waals surface area contributed by atoms with Crippen LogP contribution in [0.3, 0.4) is 0 Å². The van der Waals surface area contributed by atoms with Crippen LogP contribution >= 0.6 is 0 Å². The lowest BCUT2D eigenvalue weighted by Crippen LogP contribution is -2.39. The summed E-state index contributed by atoms with van der Waals surface area (Å²) in [7, 11) is 3.28. The lowest BCUT2D eigenvalue weighted by atomic mass is 9.59. The van der Waals surface area contributed by atoms with Crippen LogP contribution < -0.4 is 14.4 Å². The zero-order chi connectivity index (χ0) is 25.7. The molecule has 5 atom stereocenters. The maximum absolute atomic E-state index is 14.0. The van der Waals surface area contributed by atoms with Gasteiger partial charge in [-0.2, -0.15) is 0 Å². The van der Waals surface area contributed by atoms with Crippen LogP contribution in [0.5, 0.6) is 11.5 Å². The number of hydrogen-bond donors (Lipinski definition) is 1. The van der Waals surface area contributed by atoms with Gasteiger partial charge in [0.05, 0.1) is 31.7 Å². The maximum Gasteiger partial charge on any atom is 0.242 e. The minimum atomic E-state index is -0.428. The highest BCUT2D eigenvalue weighted by Crippen LogP contribution is 2.57. The van der Waals surface area contributed by atoms with Crippen molar-refractivity contribution in [3.05, 3.63) is 77.1 Å². The molecule has 0 radical (unpaired) electrons. The van der Waals surface area contributed by atoms with E-state index in [9.17, 15) is 9.59 Å². The van der Waals surface area contributed by atoms with E-state index >= 15 is 0 Å². The average Bonchev–Trinajstić information content (AvgIpc) is 3.47. The Morgan fingerprint density at radius 2 is 1.59 bits per heavy atom. The molecule has 1 unspecified atom stereocenters. The van der Waals surface area contributed by atoms with Crippen molar-refractivity contribution in [3.63, 3.8) is 0 Å². The van der Waals surface area contributed by atoms with Gasteiger partial charge in [-0.3, -0.25) is 9.59 Å². The van der Waals surface area contributed by atoms with Crippen LogP contribution in [-0.4, -0.2) is 31.0 Å². The van der Waals surface area contributed by atoms with E-state index in [4.69, 9.17) is 9.47 Å². The standard InChI is InChI=1S/C31H34N2O4/c1-4-18-7-14-24-25(16-18)27-28(31(35)33(30(27)34)21-8-12-23(37-3)13-9-21)26-17-20(32-29(24)26)15-19-5-10-22(36-2)11-6-19/h5-6,8-13,17-18,24-25,27-28,32H,4,7,14-16H2,1-3H3/t18?,24-,25+,27+,28-/m1/s1. The predicted octanol–water partition coefficient (Wildman–Crippen LogP) is 5.82. The summed E-state index contributed by atoms with van der Waals surface area (Å²) in [6, 6.07) is 17.5. The van der Waals surface area contributed by atoms with Gasteiger partial charge >= 0.3 is 0 Å². The summed E-state index contributed by atoms with van der Waals surface area (Å²) in [5, 5.41) is 0. The predicted molar refractivity (Wildman–Crippen MR) is 142 cm³/mol. The number of imide groups is 1. The Hall–Kier alpha value is -3.54. The SMILES string of the molecule is CCC1CC[C@H]2c3[nH]c(Cc4ccc(OC)cc4)cc3[C@H]3C(=O)N(c4ccc(OC)cc4)C(=O)[C@H]3[C@H]2C1. The molecule has 2 aromatic carbocycles. The van der Waals surface area contributed by atoms with E-state index in [2.05, 4.69) is 30.1 Å². The molecule has 1 aromatic heterocycles. The topological polar surface area (TPSA) is 71.6 Å². The smallest absolute Gasteiger partial charge is 0.242 e. The summed E-state index contributed by atoms with van der Waals surface area (Å²) in [4.78, 5) is 33.1. The number of ether oxygens (including phenoxy) is 2. The molecule has 6 heteroatoms. The van der Waals surface area contributed by atoms with Gasteiger partial charge in [0.2, 0.25) is 11.8 Å². The molecule has 6 nitrogen and oxygen atoms in total. The van der Waals surface area contributed by atoms with E-state index in [1.807, 2.05) is 36.4 Å². The van der Waals surface area contributed by atoms with Crippen molar-refractivity contribution in [1.29, 1.82) is 0 Å². The Morgan fingerprint density at radius 1 is 0.919 bits per heavy atom. The number of H-pyrrole nitrogens is 1. The molecule has 37 heavy (non-hydrogen) atoms. The number of fused-ring (bicyclic) bond motifs is 6. The Morgan fingerprint density at radius 3 is 2.24 bits per heavy atom. The minimum Gasteiger partial charge on any atom is -0.497 e. The van der Waals surface area contributed by atoms with Gasteiger partial charge in [-0.25, -0.2) is 4.90 Å². The molecule has 3 aromatic rings. The van der Waals surface area contributed by atoms with Crippen LogP contribution in [0.2, 0.25) is 0 Å². The van der Waals surface area contributed by atoms with Gasteiger partial charge < -0.3 is 14.5 Å². The summed E-state index contributed by atoms with van der Waals surface area (Å²) >= 11 is 0. The Kier molecular flexibility index (Phi) is 6.06. The molecule has 2 aliphatic carbocycles. The van der Waals surface area contributed by atoms with Gasteiger partial charge in [0.15, 0.2) is 0 Å². The van der Waals surface area contributed by atoms with Gasteiger partial charge in [0.25, 0.3) is 0 Å². The molecule has 0 spiro atoms. The number of nitrogens with one attached hydrogen (secondary N) is 1. The van der Waals surface area contributed by atoms with Crippen LogP contribution in [-0.2, 0) is 16.0 Å². The molecule has 1 saturated heterocycles. The first kappa shape index (κ1) is 23.8. The second kappa shape index (κ2) is 9.40. The molecule has 2 heterocycles. The van der Waals surface area contributed by atoms with Gasteiger partial charge in [-0.05, 0) is 84.7 Å². The molecule has 192 valence electrons. The van der Waals surface area contributed by atoms with Gasteiger partial charge in [-0.1, -0.05) is 25.5 Å². The van der Waals surface area contributed by atoms with Crippen LogP contribution in [0.4, 0.5) is 5.69 Å². The molecular weight excluding hydrogens is 464 g/mol. The number of nitrogens with zero attached hydrogens (tertiary/aromatic N) is 1. The first-order chi connectivity index (χ1) is 18.0. The number of methoxy groups -OCH3 is 2. The minimum absolute atomic E-state index is 0.0459. The third kappa shape index (κ3) is 3.94. The van der Waals surface area contributed by atoms with Crippen LogP contribution in [0.1, 0.15) is 67.0 Å². The largest absolute Gasteiger partial charge is 0.497 e. The fourth-order valence-electron chi connectivity index (χ4n) is 7.03. The van der Waals surface area contributed by atoms with Crippen molar-refractivity contribution in [2.24, 2.45) is 17.8 Å².